The Hall–Kier alpha value is -2.23. The first kappa shape index (κ1) is 22.1. The highest BCUT2D eigenvalue weighted by Crippen LogP contribution is 2.22. The summed E-state index contributed by atoms with van der Waals surface area (Å²) in [6, 6.07) is 11.1. The van der Waals surface area contributed by atoms with Crippen LogP contribution in [0.25, 0.3) is 0 Å². The van der Waals surface area contributed by atoms with Crippen molar-refractivity contribution in [2.24, 2.45) is 5.14 Å². The van der Waals surface area contributed by atoms with Crippen molar-refractivity contribution in [3.63, 3.8) is 0 Å². The number of halogens is 1. The minimum absolute atomic E-state index is 0.0486. The summed E-state index contributed by atoms with van der Waals surface area (Å²) in [5.74, 6) is -0.990. The van der Waals surface area contributed by atoms with Crippen molar-refractivity contribution in [2.45, 2.75) is 37.7 Å². The molecule has 0 aliphatic heterocycles. The number of primary sulfonamides is 1. The summed E-state index contributed by atoms with van der Waals surface area (Å²) in [4.78, 5) is 24.4. The lowest BCUT2D eigenvalue weighted by Gasteiger charge is -2.15. The lowest BCUT2D eigenvalue weighted by molar-refractivity contribution is -0.123. The summed E-state index contributed by atoms with van der Waals surface area (Å²) in [6.07, 6.45) is -1.10. The average Bonchev–Trinajstić information content (AvgIpc) is 2.61. The molecule has 1 unspecified atom stereocenters. The van der Waals surface area contributed by atoms with Crippen LogP contribution in [-0.4, -0.2) is 26.4 Å². The first-order valence-electron chi connectivity index (χ1n) is 8.43. The Morgan fingerprint density at radius 2 is 1.68 bits per heavy atom. The van der Waals surface area contributed by atoms with Gasteiger partial charge in [-0.3, -0.25) is 4.79 Å². The van der Waals surface area contributed by atoms with E-state index in [-0.39, 0.29) is 10.5 Å². The third kappa shape index (κ3) is 5.63. The summed E-state index contributed by atoms with van der Waals surface area (Å²) >= 11 is 3.16. The second-order valence-corrected chi connectivity index (χ2v) is 8.92. The lowest BCUT2D eigenvalue weighted by Crippen LogP contribution is -2.30. The molecule has 0 aliphatic carbocycles. The van der Waals surface area contributed by atoms with E-state index >= 15 is 0 Å². The van der Waals surface area contributed by atoms with Gasteiger partial charge in [0, 0.05) is 10.2 Å². The van der Waals surface area contributed by atoms with Gasteiger partial charge in [-0.05, 0) is 64.7 Å². The number of anilines is 1. The molecule has 0 aromatic heterocycles. The molecule has 3 N–H and O–H groups in total. The minimum Gasteiger partial charge on any atom is -0.449 e. The van der Waals surface area contributed by atoms with Gasteiger partial charge in [-0.25, -0.2) is 18.4 Å². The highest BCUT2D eigenvalue weighted by Gasteiger charge is 2.22. The number of ether oxygens (including phenoxy) is 1. The average molecular weight is 469 g/mol. The number of hydrogen-bond donors (Lipinski definition) is 2. The highest BCUT2D eigenvalue weighted by atomic mass is 79.9. The van der Waals surface area contributed by atoms with Gasteiger partial charge in [0.2, 0.25) is 10.0 Å². The molecule has 1 amide bonds. The molecule has 0 fully saturated rings. The fourth-order valence-electron chi connectivity index (χ4n) is 2.31. The van der Waals surface area contributed by atoms with E-state index in [2.05, 4.69) is 35.1 Å². The maximum Gasteiger partial charge on any atom is 0.340 e. The normalized spacial score (nSPS) is 12.5. The molecular weight excluding hydrogens is 448 g/mol. The molecule has 9 heteroatoms. The molecular formula is C19H21BrN2O5S. The van der Waals surface area contributed by atoms with Gasteiger partial charge in [0.1, 0.15) is 0 Å². The summed E-state index contributed by atoms with van der Waals surface area (Å²) < 4.78 is 28.4. The smallest absolute Gasteiger partial charge is 0.340 e. The van der Waals surface area contributed by atoms with Crippen molar-refractivity contribution in [1.82, 2.24) is 0 Å². The molecule has 0 bridgehead atoms. The van der Waals surface area contributed by atoms with Crippen LogP contribution in [-0.2, 0) is 19.6 Å². The van der Waals surface area contributed by atoms with Gasteiger partial charge in [-0.15, -0.1) is 0 Å². The molecule has 0 saturated heterocycles. The Bertz CT molecular complexity index is 988. The number of nitrogens with one attached hydrogen (secondary N) is 1. The zero-order valence-corrected chi connectivity index (χ0v) is 18.0. The van der Waals surface area contributed by atoms with Gasteiger partial charge in [-0.2, -0.15) is 0 Å². The van der Waals surface area contributed by atoms with Gasteiger partial charge < -0.3 is 10.1 Å². The Balaban J connectivity index is 2.08. The van der Waals surface area contributed by atoms with Crippen LogP contribution in [0, 0.1) is 0 Å². The minimum atomic E-state index is -3.98. The maximum absolute atomic E-state index is 12.4. The van der Waals surface area contributed by atoms with Crippen molar-refractivity contribution in [3.05, 3.63) is 58.1 Å². The van der Waals surface area contributed by atoms with Crippen molar-refractivity contribution >= 4 is 43.5 Å². The number of rotatable bonds is 6. The molecule has 28 heavy (non-hydrogen) atoms. The molecule has 0 heterocycles. The molecule has 150 valence electrons. The predicted octanol–water partition coefficient (Wildman–Crippen LogP) is 3.40. The van der Waals surface area contributed by atoms with Crippen LogP contribution in [0.5, 0.6) is 0 Å². The molecule has 0 aliphatic rings. The van der Waals surface area contributed by atoms with Crippen LogP contribution in [0.4, 0.5) is 5.69 Å². The maximum atomic E-state index is 12.4. The van der Waals surface area contributed by atoms with Gasteiger partial charge in [0.15, 0.2) is 6.10 Å². The second-order valence-electron chi connectivity index (χ2n) is 6.50. The first-order chi connectivity index (χ1) is 13.0. The van der Waals surface area contributed by atoms with Crippen molar-refractivity contribution in [2.75, 3.05) is 5.32 Å². The zero-order valence-electron chi connectivity index (χ0n) is 15.6. The van der Waals surface area contributed by atoms with E-state index in [0.29, 0.717) is 16.1 Å². The van der Waals surface area contributed by atoms with Gasteiger partial charge in [0.05, 0.1) is 10.5 Å². The number of sulfonamides is 1. The van der Waals surface area contributed by atoms with E-state index in [0.717, 1.165) is 11.6 Å². The molecule has 0 spiro atoms. The number of benzene rings is 2. The van der Waals surface area contributed by atoms with Gasteiger partial charge >= 0.3 is 5.97 Å². The van der Waals surface area contributed by atoms with E-state index in [9.17, 15) is 18.0 Å². The van der Waals surface area contributed by atoms with E-state index in [1.165, 1.54) is 19.1 Å². The lowest BCUT2D eigenvalue weighted by atomic mass is 10.0. The third-order valence-electron chi connectivity index (χ3n) is 3.98. The Morgan fingerprint density at radius 1 is 1.07 bits per heavy atom. The predicted molar refractivity (Wildman–Crippen MR) is 110 cm³/mol. The monoisotopic (exact) mass is 468 g/mol. The van der Waals surface area contributed by atoms with Crippen molar-refractivity contribution < 1.29 is 22.7 Å². The fraction of sp³-hybridized carbons (Fsp3) is 0.263. The van der Waals surface area contributed by atoms with E-state index in [4.69, 9.17) is 9.88 Å². The van der Waals surface area contributed by atoms with Crippen LogP contribution >= 0.6 is 15.9 Å². The van der Waals surface area contributed by atoms with Crippen LogP contribution in [0.2, 0.25) is 0 Å². The van der Waals surface area contributed by atoms with Crippen molar-refractivity contribution in [3.8, 4) is 0 Å². The Kier molecular flexibility index (Phi) is 6.97. The molecule has 0 saturated carbocycles. The van der Waals surface area contributed by atoms with Crippen LogP contribution in [0.1, 0.15) is 42.6 Å². The highest BCUT2D eigenvalue weighted by molar-refractivity contribution is 9.10. The van der Waals surface area contributed by atoms with Crippen LogP contribution in [0.15, 0.2) is 51.8 Å². The first-order valence-corrected chi connectivity index (χ1v) is 10.8. The zero-order chi connectivity index (χ0) is 21.1. The quantitative estimate of drug-likeness (QED) is 0.630. The Labute approximate surface area is 172 Å². The number of amides is 1. The van der Waals surface area contributed by atoms with Crippen LogP contribution in [0.3, 0.4) is 0 Å². The summed E-state index contributed by atoms with van der Waals surface area (Å²) in [7, 11) is -3.98. The largest absolute Gasteiger partial charge is 0.449 e. The fourth-order valence-corrected chi connectivity index (χ4v) is 3.26. The molecule has 7 nitrogen and oxygen atoms in total. The van der Waals surface area contributed by atoms with Crippen LogP contribution < -0.4 is 10.5 Å². The molecule has 0 radical (unpaired) electrons. The SMILES string of the molecule is CC(OC(=O)c1cc(S(N)(=O)=O)ccc1Br)C(=O)Nc1ccc(C(C)C)cc1. The molecule has 2 rings (SSSR count). The van der Waals surface area contributed by atoms with Gasteiger partial charge in [0.25, 0.3) is 5.91 Å². The summed E-state index contributed by atoms with van der Waals surface area (Å²) in [6.45, 7) is 5.56. The van der Waals surface area contributed by atoms with Crippen molar-refractivity contribution in [1.29, 1.82) is 0 Å². The van der Waals surface area contributed by atoms with Gasteiger partial charge in [-0.1, -0.05) is 26.0 Å². The topological polar surface area (TPSA) is 116 Å². The number of hydrogen-bond acceptors (Lipinski definition) is 5. The third-order valence-corrected chi connectivity index (χ3v) is 5.59. The molecule has 2 aromatic carbocycles. The van der Waals surface area contributed by atoms with E-state index in [1.807, 2.05) is 12.1 Å². The molecule has 1 atom stereocenters. The Morgan fingerprint density at radius 3 is 2.21 bits per heavy atom. The standard InChI is InChI=1S/C19H21BrN2O5S/c1-11(2)13-4-6-14(7-5-13)22-18(23)12(3)27-19(24)16-10-15(28(21,25)26)8-9-17(16)20/h4-12H,1-3H3,(H,22,23)(H2,21,25,26). The van der Waals surface area contributed by atoms with E-state index in [1.54, 1.807) is 12.1 Å². The number of carbonyl (C=O) groups is 2. The summed E-state index contributed by atoms with van der Waals surface area (Å²) in [5, 5.41) is 7.75. The summed E-state index contributed by atoms with van der Waals surface area (Å²) in [5.41, 5.74) is 1.67. The second kappa shape index (κ2) is 8.85. The number of carbonyl (C=O) groups excluding carboxylic acids is 2. The number of nitrogens with two attached hydrogens (primary N) is 1. The molecule has 2 aromatic rings. The van der Waals surface area contributed by atoms with E-state index < -0.39 is 28.0 Å². The number of esters is 1.